The van der Waals surface area contributed by atoms with E-state index in [4.69, 9.17) is 4.84 Å². The van der Waals surface area contributed by atoms with Gasteiger partial charge in [-0.3, -0.25) is 0 Å². The van der Waals surface area contributed by atoms with Crippen LogP contribution < -0.4 is 0 Å². The molecule has 0 amide bonds. The molecule has 1 aliphatic heterocycles. The summed E-state index contributed by atoms with van der Waals surface area (Å²) in [6, 6.07) is 11.0. The lowest BCUT2D eigenvalue weighted by Crippen LogP contribution is -2.32. The van der Waals surface area contributed by atoms with Crippen molar-refractivity contribution in [3.8, 4) is 0 Å². The van der Waals surface area contributed by atoms with Gasteiger partial charge < -0.3 is 4.84 Å². The number of hydrogen-bond acceptors (Lipinski definition) is 2. The topological polar surface area (TPSA) is 12.5 Å². The van der Waals surface area contributed by atoms with Crippen molar-refractivity contribution >= 4 is 49.3 Å². The SMILES string of the molecule is CON1CCC(c2cc(I)c3ccccc3c2Br)CC1. The van der Waals surface area contributed by atoms with E-state index in [0.717, 1.165) is 25.9 Å². The van der Waals surface area contributed by atoms with Crippen molar-refractivity contribution < 1.29 is 4.84 Å². The first-order chi connectivity index (χ1) is 9.70. The van der Waals surface area contributed by atoms with Gasteiger partial charge in [0.15, 0.2) is 0 Å². The van der Waals surface area contributed by atoms with E-state index in [2.05, 4.69) is 73.9 Å². The van der Waals surface area contributed by atoms with Gasteiger partial charge in [-0.1, -0.05) is 24.3 Å². The summed E-state index contributed by atoms with van der Waals surface area (Å²) in [5.74, 6) is 0.619. The molecule has 0 aromatic heterocycles. The Kier molecular flexibility index (Phi) is 4.65. The van der Waals surface area contributed by atoms with Gasteiger partial charge in [0.1, 0.15) is 0 Å². The Balaban J connectivity index is 1.98. The lowest BCUT2D eigenvalue weighted by atomic mass is 9.89. The van der Waals surface area contributed by atoms with Gasteiger partial charge in [0.25, 0.3) is 0 Å². The maximum atomic E-state index is 5.32. The van der Waals surface area contributed by atoms with Crippen LogP contribution in [0, 0.1) is 3.57 Å². The quantitative estimate of drug-likeness (QED) is 0.606. The molecule has 4 heteroatoms. The van der Waals surface area contributed by atoms with Crippen molar-refractivity contribution in [2.75, 3.05) is 20.2 Å². The molecule has 0 saturated carbocycles. The monoisotopic (exact) mass is 445 g/mol. The van der Waals surface area contributed by atoms with Crippen LogP contribution >= 0.6 is 38.5 Å². The predicted molar refractivity (Wildman–Crippen MR) is 94.9 cm³/mol. The summed E-state index contributed by atoms with van der Waals surface area (Å²) in [5.41, 5.74) is 1.45. The second-order valence-electron chi connectivity index (χ2n) is 5.19. The Morgan fingerprint density at radius 3 is 2.50 bits per heavy atom. The minimum atomic E-state index is 0.619. The molecule has 0 unspecified atom stereocenters. The van der Waals surface area contributed by atoms with E-state index in [1.807, 2.05) is 0 Å². The summed E-state index contributed by atoms with van der Waals surface area (Å²) in [5, 5.41) is 4.71. The molecule has 20 heavy (non-hydrogen) atoms. The number of hydroxylamine groups is 2. The third-order valence-electron chi connectivity index (χ3n) is 4.11. The summed E-state index contributed by atoms with van der Waals surface area (Å²) in [7, 11) is 1.76. The standard InChI is InChI=1S/C16H17BrINO/c1-20-19-8-6-11(7-9-19)14-10-15(18)12-4-2-3-5-13(12)16(14)17/h2-5,10-11H,6-9H2,1H3. The van der Waals surface area contributed by atoms with Crippen molar-refractivity contribution in [3.05, 3.63) is 43.9 Å². The highest BCUT2D eigenvalue weighted by Crippen LogP contribution is 2.39. The van der Waals surface area contributed by atoms with E-state index < -0.39 is 0 Å². The van der Waals surface area contributed by atoms with E-state index in [1.165, 1.54) is 24.4 Å². The average Bonchev–Trinajstić information content (AvgIpc) is 2.51. The normalized spacial score (nSPS) is 17.8. The lowest BCUT2D eigenvalue weighted by Gasteiger charge is -2.31. The molecular formula is C16H17BrINO. The molecule has 1 saturated heterocycles. The fraction of sp³-hybridized carbons (Fsp3) is 0.375. The lowest BCUT2D eigenvalue weighted by molar-refractivity contribution is -0.143. The molecule has 1 fully saturated rings. The average molecular weight is 446 g/mol. The van der Waals surface area contributed by atoms with Crippen LogP contribution in [0.15, 0.2) is 34.8 Å². The van der Waals surface area contributed by atoms with Crippen LogP contribution in [-0.4, -0.2) is 25.3 Å². The molecule has 0 bridgehead atoms. The van der Waals surface area contributed by atoms with Crippen LogP contribution in [0.1, 0.15) is 24.3 Å². The first kappa shape index (κ1) is 14.8. The van der Waals surface area contributed by atoms with Gasteiger partial charge in [-0.15, -0.1) is 0 Å². The maximum Gasteiger partial charge on any atom is 0.0575 e. The molecule has 0 atom stereocenters. The van der Waals surface area contributed by atoms with Crippen LogP contribution in [0.2, 0.25) is 0 Å². The summed E-state index contributed by atoms with van der Waals surface area (Å²) < 4.78 is 2.61. The van der Waals surface area contributed by atoms with Crippen LogP contribution in [0.3, 0.4) is 0 Å². The Morgan fingerprint density at radius 2 is 1.85 bits per heavy atom. The van der Waals surface area contributed by atoms with Crippen LogP contribution in [0.25, 0.3) is 10.8 Å². The number of rotatable bonds is 2. The minimum Gasteiger partial charge on any atom is -0.302 e. The molecule has 0 spiro atoms. The summed E-state index contributed by atoms with van der Waals surface area (Å²) >= 11 is 6.29. The number of halogens is 2. The Labute approximate surface area is 141 Å². The molecule has 2 aromatic rings. The number of nitrogens with zero attached hydrogens (tertiary/aromatic N) is 1. The summed E-state index contributed by atoms with van der Waals surface area (Å²) in [4.78, 5) is 5.32. The van der Waals surface area contributed by atoms with Crippen molar-refractivity contribution in [2.24, 2.45) is 0 Å². The first-order valence-corrected chi connectivity index (χ1v) is 8.73. The van der Waals surface area contributed by atoms with E-state index in [1.54, 1.807) is 7.11 Å². The summed E-state index contributed by atoms with van der Waals surface area (Å²) in [6.07, 6.45) is 2.31. The third kappa shape index (κ3) is 2.75. The molecule has 0 aliphatic carbocycles. The van der Waals surface area contributed by atoms with E-state index in [0.29, 0.717) is 5.92 Å². The Morgan fingerprint density at radius 1 is 1.20 bits per heavy atom. The Bertz CT molecular complexity index is 623. The highest BCUT2D eigenvalue weighted by atomic mass is 127. The van der Waals surface area contributed by atoms with E-state index >= 15 is 0 Å². The second-order valence-corrected chi connectivity index (χ2v) is 7.15. The minimum absolute atomic E-state index is 0.619. The second kappa shape index (κ2) is 6.30. The molecule has 0 radical (unpaired) electrons. The van der Waals surface area contributed by atoms with Crippen LogP contribution in [0.5, 0.6) is 0 Å². The predicted octanol–water partition coefficient (Wildman–Crippen LogP) is 4.95. The van der Waals surface area contributed by atoms with Crippen molar-refractivity contribution in [3.63, 3.8) is 0 Å². The van der Waals surface area contributed by atoms with Crippen LogP contribution in [-0.2, 0) is 4.84 Å². The molecule has 0 N–H and O–H groups in total. The van der Waals surface area contributed by atoms with Gasteiger partial charge in [-0.25, -0.2) is 0 Å². The van der Waals surface area contributed by atoms with Crippen molar-refractivity contribution in [2.45, 2.75) is 18.8 Å². The molecule has 106 valence electrons. The van der Waals surface area contributed by atoms with Gasteiger partial charge >= 0.3 is 0 Å². The van der Waals surface area contributed by atoms with Gasteiger partial charge in [0, 0.05) is 21.1 Å². The Hall–Kier alpha value is -0.170. The number of benzene rings is 2. The smallest absolute Gasteiger partial charge is 0.0575 e. The van der Waals surface area contributed by atoms with Gasteiger partial charge in [0.05, 0.1) is 7.11 Å². The summed E-state index contributed by atoms with van der Waals surface area (Å²) in [6.45, 7) is 2.02. The van der Waals surface area contributed by atoms with Crippen molar-refractivity contribution in [1.29, 1.82) is 0 Å². The first-order valence-electron chi connectivity index (χ1n) is 6.86. The molecule has 3 rings (SSSR count). The van der Waals surface area contributed by atoms with E-state index in [9.17, 15) is 0 Å². The molecular weight excluding hydrogens is 429 g/mol. The fourth-order valence-corrected chi connectivity index (χ4v) is 4.55. The fourth-order valence-electron chi connectivity index (χ4n) is 2.96. The zero-order chi connectivity index (χ0) is 14.1. The highest BCUT2D eigenvalue weighted by molar-refractivity contribution is 14.1. The largest absolute Gasteiger partial charge is 0.302 e. The zero-order valence-electron chi connectivity index (χ0n) is 11.4. The van der Waals surface area contributed by atoms with E-state index in [-0.39, 0.29) is 0 Å². The number of piperidine rings is 1. The highest BCUT2D eigenvalue weighted by Gasteiger charge is 2.23. The molecule has 2 aromatic carbocycles. The number of hydrogen-bond donors (Lipinski definition) is 0. The van der Waals surface area contributed by atoms with Crippen molar-refractivity contribution in [1.82, 2.24) is 5.06 Å². The molecule has 2 nitrogen and oxygen atoms in total. The van der Waals surface area contributed by atoms with Gasteiger partial charge in [-0.05, 0) is 79.7 Å². The molecule has 1 heterocycles. The van der Waals surface area contributed by atoms with Gasteiger partial charge in [0.2, 0.25) is 0 Å². The van der Waals surface area contributed by atoms with Crippen LogP contribution in [0.4, 0.5) is 0 Å². The zero-order valence-corrected chi connectivity index (χ0v) is 15.1. The maximum absolute atomic E-state index is 5.32. The third-order valence-corrected chi connectivity index (χ3v) is 5.89. The number of fused-ring (bicyclic) bond motifs is 1. The van der Waals surface area contributed by atoms with Gasteiger partial charge in [-0.2, -0.15) is 5.06 Å². The molecule has 1 aliphatic rings.